The van der Waals surface area contributed by atoms with Crippen LogP contribution in [0.15, 0.2) is 23.1 Å². The summed E-state index contributed by atoms with van der Waals surface area (Å²) in [6, 6.07) is 2.30. The van der Waals surface area contributed by atoms with E-state index in [1.807, 2.05) is 0 Å². The molecule has 0 radical (unpaired) electrons. The molecular formula is C13H15NO7S. The molecule has 0 amide bonds. The van der Waals surface area contributed by atoms with E-state index in [0.29, 0.717) is 6.42 Å². The molecule has 1 aliphatic heterocycles. The minimum atomic E-state index is -4.08. The van der Waals surface area contributed by atoms with Gasteiger partial charge in [0, 0.05) is 6.54 Å². The fourth-order valence-electron chi connectivity index (χ4n) is 2.42. The van der Waals surface area contributed by atoms with Gasteiger partial charge in [0.15, 0.2) is 0 Å². The van der Waals surface area contributed by atoms with Gasteiger partial charge in [-0.25, -0.2) is 13.2 Å². The maximum absolute atomic E-state index is 12.6. The Balaban J connectivity index is 2.48. The smallest absolute Gasteiger partial charge is 0.339 e. The number of methoxy groups -OCH3 is 1. The first kappa shape index (κ1) is 16.2. The first-order valence-electron chi connectivity index (χ1n) is 6.45. The molecule has 0 bridgehead atoms. The van der Waals surface area contributed by atoms with E-state index < -0.39 is 28.0 Å². The number of aromatic carboxylic acids is 1. The van der Waals surface area contributed by atoms with Crippen molar-refractivity contribution in [3.8, 4) is 5.75 Å². The maximum Gasteiger partial charge on any atom is 0.339 e. The van der Waals surface area contributed by atoms with Crippen LogP contribution in [0.4, 0.5) is 0 Å². The van der Waals surface area contributed by atoms with Gasteiger partial charge in [-0.1, -0.05) is 0 Å². The zero-order chi connectivity index (χ0) is 16.5. The van der Waals surface area contributed by atoms with Gasteiger partial charge in [0.1, 0.15) is 17.4 Å². The lowest BCUT2D eigenvalue weighted by Crippen LogP contribution is -2.40. The Morgan fingerprint density at radius 1 is 1.32 bits per heavy atom. The average Bonchev–Trinajstić information content (AvgIpc) is 2.96. The van der Waals surface area contributed by atoms with E-state index in [4.69, 9.17) is 14.9 Å². The second-order valence-electron chi connectivity index (χ2n) is 4.78. The number of benzene rings is 1. The van der Waals surface area contributed by atoms with Crippen molar-refractivity contribution in [3.05, 3.63) is 23.8 Å². The molecule has 0 unspecified atom stereocenters. The Kier molecular flexibility index (Phi) is 4.38. The molecule has 0 saturated carbocycles. The van der Waals surface area contributed by atoms with Gasteiger partial charge in [-0.15, -0.1) is 0 Å². The highest BCUT2D eigenvalue weighted by molar-refractivity contribution is 7.89. The summed E-state index contributed by atoms with van der Waals surface area (Å²) in [6.45, 7) is 0.0910. The molecule has 1 heterocycles. The lowest BCUT2D eigenvalue weighted by molar-refractivity contribution is -0.140. The van der Waals surface area contributed by atoms with Crippen molar-refractivity contribution >= 4 is 22.0 Å². The van der Waals surface area contributed by atoms with Crippen LogP contribution in [-0.2, 0) is 14.8 Å². The number of aliphatic carboxylic acids is 1. The van der Waals surface area contributed by atoms with Crippen molar-refractivity contribution in [1.82, 2.24) is 4.31 Å². The van der Waals surface area contributed by atoms with Gasteiger partial charge < -0.3 is 14.9 Å². The van der Waals surface area contributed by atoms with Crippen LogP contribution in [-0.4, -0.2) is 54.6 Å². The van der Waals surface area contributed by atoms with E-state index >= 15 is 0 Å². The lowest BCUT2D eigenvalue weighted by Gasteiger charge is -2.21. The van der Waals surface area contributed by atoms with E-state index in [2.05, 4.69) is 0 Å². The second kappa shape index (κ2) is 5.93. The Hall–Kier alpha value is -2.13. The topological polar surface area (TPSA) is 121 Å². The predicted molar refractivity (Wildman–Crippen MR) is 74.5 cm³/mol. The van der Waals surface area contributed by atoms with Gasteiger partial charge >= 0.3 is 11.9 Å². The number of hydrogen-bond acceptors (Lipinski definition) is 5. The normalized spacial score (nSPS) is 19.0. The van der Waals surface area contributed by atoms with Crippen molar-refractivity contribution < 1.29 is 33.0 Å². The van der Waals surface area contributed by atoms with Crippen LogP contribution >= 0.6 is 0 Å². The minimum Gasteiger partial charge on any atom is -0.496 e. The van der Waals surface area contributed by atoms with Gasteiger partial charge in [-0.2, -0.15) is 4.31 Å². The summed E-state index contributed by atoms with van der Waals surface area (Å²) in [5.41, 5.74) is -0.297. The zero-order valence-electron chi connectivity index (χ0n) is 11.7. The third-order valence-corrected chi connectivity index (χ3v) is 5.40. The summed E-state index contributed by atoms with van der Waals surface area (Å²) in [5, 5.41) is 18.2. The molecule has 1 fully saturated rings. The van der Waals surface area contributed by atoms with E-state index in [9.17, 15) is 18.0 Å². The Morgan fingerprint density at radius 3 is 2.55 bits per heavy atom. The summed E-state index contributed by atoms with van der Waals surface area (Å²) < 4.78 is 30.9. The van der Waals surface area contributed by atoms with Gasteiger partial charge in [-0.3, -0.25) is 4.79 Å². The highest BCUT2D eigenvalue weighted by Gasteiger charge is 2.39. The SMILES string of the molecule is COc1ccc(S(=O)(=O)N2CCC[C@@H]2C(=O)O)cc1C(=O)O. The standard InChI is InChI=1S/C13H15NO7S/c1-21-11-5-4-8(7-9(11)12(15)16)22(19,20)14-6-2-3-10(14)13(17)18/h4-5,7,10H,2-3,6H2,1H3,(H,15,16)(H,17,18)/t10-/m1/s1. The van der Waals surface area contributed by atoms with Crippen molar-refractivity contribution in [1.29, 1.82) is 0 Å². The third kappa shape index (κ3) is 2.77. The molecule has 1 atom stereocenters. The van der Waals surface area contributed by atoms with Gasteiger partial charge in [0.25, 0.3) is 0 Å². The van der Waals surface area contributed by atoms with Gasteiger partial charge in [-0.05, 0) is 31.0 Å². The summed E-state index contributed by atoms with van der Waals surface area (Å²) in [5.74, 6) is -2.51. The Labute approximate surface area is 127 Å². The number of nitrogens with zero attached hydrogens (tertiary/aromatic N) is 1. The summed E-state index contributed by atoms with van der Waals surface area (Å²) in [6.07, 6.45) is 0.675. The second-order valence-corrected chi connectivity index (χ2v) is 6.67. The van der Waals surface area contributed by atoms with Crippen molar-refractivity contribution in [2.45, 2.75) is 23.8 Å². The first-order chi connectivity index (χ1) is 10.3. The molecule has 8 nitrogen and oxygen atoms in total. The number of ether oxygens (including phenoxy) is 1. The van der Waals surface area contributed by atoms with Crippen LogP contribution in [0, 0.1) is 0 Å². The fraction of sp³-hybridized carbons (Fsp3) is 0.385. The van der Waals surface area contributed by atoms with Crippen molar-refractivity contribution in [2.24, 2.45) is 0 Å². The van der Waals surface area contributed by atoms with Gasteiger partial charge in [0.05, 0.1) is 12.0 Å². The van der Waals surface area contributed by atoms with E-state index in [1.165, 1.54) is 19.2 Å². The van der Waals surface area contributed by atoms with E-state index in [0.717, 1.165) is 10.4 Å². The molecule has 0 aromatic heterocycles. The highest BCUT2D eigenvalue weighted by Crippen LogP contribution is 2.29. The molecule has 2 rings (SSSR count). The number of carboxylic acid groups (broad SMARTS) is 2. The predicted octanol–water partition coefficient (Wildman–Crippen LogP) is 0.631. The largest absolute Gasteiger partial charge is 0.496 e. The van der Waals surface area contributed by atoms with Crippen LogP contribution < -0.4 is 4.74 Å². The van der Waals surface area contributed by atoms with Gasteiger partial charge in [0.2, 0.25) is 10.0 Å². The maximum atomic E-state index is 12.6. The molecule has 1 aromatic rings. The average molecular weight is 329 g/mol. The quantitative estimate of drug-likeness (QED) is 0.812. The fourth-order valence-corrected chi connectivity index (χ4v) is 4.10. The van der Waals surface area contributed by atoms with Crippen LogP contribution in [0.3, 0.4) is 0 Å². The van der Waals surface area contributed by atoms with E-state index in [1.54, 1.807) is 0 Å². The molecular weight excluding hydrogens is 314 g/mol. The monoisotopic (exact) mass is 329 g/mol. The molecule has 9 heteroatoms. The van der Waals surface area contributed by atoms with Crippen LogP contribution in [0.2, 0.25) is 0 Å². The van der Waals surface area contributed by atoms with Crippen LogP contribution in [0.1, 0.15) is 23.2 Å². The molecule has 1 saturated heterocycles. The zero-order valence-corrected chi connectivity index (χ0v) is 12.5. The Bertz CT molecular complexity index is 713. The highest BCUT2D eigenvalue weighted by atomic mass is 32.2. The number of hydrogen-bond donors (Lipinski definition) is 2. The molecule has 2 N–H and O–H groups in total. The molecule has 0 spiro atoms. The molecule has 22 heavy (non-hydrogen) atoms. The molecule has 0 aliphatic carbocycles. The summed E-state index contributed by atoms with van der Waals surface area (Å²) in [4.78, 5) is 22.1. The Morgan fingerprint density at radius 2 is 2.00 bits per heavy atom. The summed E-state index contributed by atoms with van der Waals surface area (Å²) >= 11 is 0. The summed E-state index contributed by atoms with van der Waals surface area (Å²) in [7, 11) is -2.81. The van der Waals surface area contributed by atoms with Crippen molar-refractivity contribution in [2.75, 3.05) is 13.7 Å². The van der Waals surface area contributed by atoms with Crippen LogP contribution in [0.25, 0.3) is 0 Å². The molecule has 1 aromatic carbocycles. The van der Waals surface area contributed by atoms with Crippen molar-refractivity contribution in [3.63, 3.8) is 0 Å². The molecule has 120 valence electrons. The van der Waals surface area contributed by atoms with Crippen LogP contribution in [0.5, 0.6) is 5.75 Å². The number of rotatable bonds is 5. The third-order valence-electron chi connectivity index (χ3n) is 3.50. The first-order valence-corrected chi connectivity index (χ1v) is 7.89. The minimum absolute atomic E-state index is 0.0302. The number of carbonyl (C=O) groups is 2. The molecule has 1 aliphatic rings. The number of carboxylic acids is 2. The number of sulfonamides is 1. The van der Waals surface area contributed by atoms with E-state index in [-0.39, 0.29) is 29.2 Å². The lowest BCUT2D eigenvalue weighted by atomic mass is 10.2.